The topological polar surface area (TPSA) is 237 Å². The molecule has 0 aliphatic heterocycles. The Morgan fingerprint density at radius 1 is 0.264 bits per heavy atom. The molecule has 0 rings (SSSR count). The first kappa shape index (κ1) is 104. The highest BCUT2D eigenvalue weighted by molar-refractivity contribution is 7.47. The fraction of sp³-hybridized carbons (Fsp3) is 0.626. The first-order chi connectivity index (χ1) is 53.7. The van der Waals surface area contributed by atoms with Gasteiger partial charge in [0.15, 0.2) is 12.2 Å². The summed E-state index contributed by atoms with van der Waals surface area (Å²) in [5.41, 5.74) is 0. The highest BCUT2D eigenvalue weighted by Gasteiger charge is 2.30. The van der Waals surface area contributed by atoms with Crippen molar-refractivity contribution in [3.05, 3.63) is 182 Å². The zero-order valence-corrected chi connectivity index (χ0v) is 70.1. The fourth-order valence-electron chi connectivity index (χ4n) is 10.6. The molecule has 0 heterocycles. The summed E-state index contributed by atoms with van der Waals surface area (Å²) >= 11 is 0. The van der Waals surface area contributed by atoms with Crippen LogP contribution in [0.25, 0.3) is 0 Å². The van der Waals surface area contributed by atoms with Gasteiger partial charge in [-0.2, -0.15) is 0 Å². The number of ether oxygens (including phenoxy) is 4. The van der Waals surface area contributed by atoms with Crippen molar-refractivity contribution in [1.29, 1.82) is 0 Å². The van der Waals surface area contributed by atoms with E-state index in [0.29, 0.717) is 32.1 Å². The van der Waals surface area contributed by atoms with Crippen molar-refractivity contribution in [2.24, 2.45) is 0 Å². The molecule has 0 bridgehead atoms. The van der Waals surface area contributed by atoms with Crippen molar-refractivity contribution < 1.29 is 80.2 Å². The maximum atomic E-state index is 13.1. The summed E-state index contributed by atoms with van der Waals surface area (Å²) in [5, 5.41) is 10.7. The van der Waals surface area contributed by atoms with Crippen LogP contribution in [0, 0.1) is 0 Å². The van der Waals surface area contributed by atoms with Crippen LogP contribution in [0.1, 0.15) is 310 Å². The second-order valence-electron chi connectivity index (χ2n) is 27.3. The Balaban J connectivity index is 5.47. The number of unbranched alkanes of at least 4 members (excludes halogenated alkanes) is 21. The van der Waals surface area contributed by atoms with Gasteiger partial charge in [0.05, 0.1) is 26.4 Å². The maximum Gasteiger partial charge on any atom is 0.472 e. The van der Waals surface area contributed by atoms with Gasteiger partial charge in [0, 0.05) is 25.7 Å². The summed E-state index contributed by atoms with van der Waals surface area (Å²) in [6.07, 6.45) is 98.6. The van der Waals surface area contributed by atoms with Crippen LogP contribution >= 0.6 is 15.6 Å². The fourth-order valence-corrected chi connectivity index (χ4v) is 12.1. The highest BCUT2D eigenvalue weighted by atomic mass is 31.2. The Kier molecular flexibility index (Phi) is 76.9. The Bertz CT molecular complexity index is 2800. The van der Waals surface area contributed by atoms with Crippen molar-refractivity contribution in [2.75, 3.05) is 39.6 Å². The molecule has 17 nitrogen and oxygen atoms in total. The minimum Gasteiger partial charge on any atom is -0.462 e. The van der Waals surface area contributed by atoms with Gasteiger partial charge in [0.2, 0.25) is 0 Å². The van der Waals surface area contributed by atoms with Gasteiger partial charge in [-0.25, -0.2) is 9.13 Å². The van der Waals surface area contributed by atoms with E-state index in [-0.39, 0.29) is 25.7 Å². The summed E-state index contributed by atoms with van der Waals surface area (Å²) in [7, 11) is -10.0. The van der Waals surface area contributed by atoms with Gasteiger partial charge < -0.3 is 33.8 Å². The van der Waals surface area contributed by atoms with Gasteiger partial charge in [0.1, 0.15) is 19.3 Å². The number of hydrogen-bond donors (Lipinski definition) is 3. The summed E-state index contributed by atoms with van der Waals surface area (Å²) in [4.78, 5) is 73.2. The van der Waals surface area contributed by atoms with Gasteiger partial charge >= 0.3 is 39.5 Å². The highest BCUT2D eigenvalue weighted by Crippen LogP contribution is 2.45. The van der Waals surface area contributed by atoms with Crippen LogP contribution in [0.2, 0.25) is 0 Å². The molecule has 0 aliphatic rings. The molecule has 19 heteroatoms. The number of aliphatic hydroxyl groups excluding tert-OH is 1. The molecular weight excluding hydrogens is 1430 g/mol. The first-order valence-corrected chi connectivity index (χ1v) is 45.0. The second kappa shape index (κ2) is 81.2. The van der Waals surface area contributed by atoms with E-state index >= 15 is 0 Å². The van der Waals surface area contributed by atoms with Crippen LogP contribution in [0.5, 0.6) is 0 Å². The lowest BCUT2D eigenvalue weighted by atomic mass is 10.1. The molecule has 0 aliphatic carbocycles. The molecule has 3 N–H and O–H groups in total. The van der Waals surface area contributed by atoms with E-state index in [0.717, 1.165) is 205 Å². The molecule has 5 unspecified atom stereocenters. The van der Waals surface area contributed by atoms with Crippen molar-refractivity contribution >= 4 is 39.5 Å². The van der Waals surface area contributed by atoms with Crippen LogP contribution in [0.3, 0.4) is 0 Å². The van der Waals surface area contributed by atoms with Crippen LogP contribution < -0.4 is 0 Å². The van der Waals surface area contributed by atoms with Crippen LogP contribution in [-0.2, 0) is 65.4 Å². The minimum atomic E-state index is -5.01. The monoisotopic (exact) mass is 1580 g/mol. The smallest absolute Gasteiger partial charge is 0.462 e. The third kappa shape index (κ3) is 80.2. The molecule has 0 saturated heterocycles. The molecule has 0 saturated carbocycles. The van der Waals surface area contributed by atoms with Crippen molar-refractivity contribution in [1.82, 2.24) is 0 Å². The number of carbonyl (C=O) groups excluding carboxylic acids is 4. The quantitative estimate of drug-likeness (QED) is 0.0169. The molecule has 0 aromatic carbocycles. The van der Waals surface area contributed by atoms with Gasteiger partial charge in [-0.05, 0) is 173 Å². The number of rotatable bonds is 77. The number of carbonyl (C=O) groups is 4. The average Bonchev–Trinajstić information content (AvgIpc) is 0.906. The van der Waals surface area contributed by atoms with E-state index < -0.39 is 97.5 Å². The van der Waals surface area contributed by atoms with Crippen molar-refractivity contribution in [3.8, 4) is 0 Å². The molecular formula is C91H148O17P2. The zero-order valence-electron chi connectivity index (χ0n) is 68.4. The lowest BCUT2D eigenvalue weighted by Gasteiger charge is -2.21. The molecule has 0 fully saturated rings. The predicted molar refractivity (Wildman–Crippen MR) is 454 cm³/mol. The summed E-state index contributed by atoms with van der Waals surface area (Å²) in [5.74, 6) is -2.30. The third-order valence-electron chi connectivity index (χ3n) is 16.8. The number of allylic oxidation sites excluding steroid dienone is 30. The largest absolute Gasteiger partial charge is 0.472 e. The third-order valence-corrected chi connectivity index (χ3v) is 18.7. The Morgan fingerprint density at radius 3 is 0.764 bits per heavy atom. The molecule has 0 aromatic rings. The summed E-state index contributed by atoms with van der Waals surface area (Å²) in [6, 6.07) is 0. The lowest BCUT2D eigenvalue weighted by molar-refractivity contribution is -0.161. The molecule has 0 radical (unpaired) electrons. The maximum absolute atomic E-state index is 13.1. The van der Waals surface area contributed by atoms with E-state index in [4.69, 9.17) is 37.0 Å². The number of phosphoric acid groups is 2. The Morgan fingerprint density at radius 2 is 0.482 bits per heavy atom. The standard InChI is InChI=1S/C91H148O17P2/c1-5-9-13-17-21-25-29-33-37-40-42-45-48-51-55-59-63-67-71-75-88(93)101-81-86(107-90(95)77-73-69-65-61-57-53-47-36-32-28-24-20-16-12-8-4)83-105-109(97,98)103-79-85(92)80-104-110(99,100)106-84-87(108-91(96)78-74-70-66-62-58-54-50-44-39-35-31-27-23-19-15-11-7-3)82-102-89(94)76-72-68-64-60-56-52-49-46-43-41-38-34-30-26-22-18-14-10-6-2/h9-11,13-15,21-28,33-39,42-43,45-47,50,54,62,66,85-87,92H,5-8,12,16-20,29-32,40-41,44,48-49,51-53,55-61,63-65,67-84H2,1-4H3,(H,97,98)(H,99,100)/b13-9-,14-10-,15-11-,25-21-,26-22-,27-23-,28-24-,37-33-,38-34-,39-35-,45-42-,46-43-,47-36-,54-50-,66-62-. The van der Waals surface area contributed by atoms with Crippen LogP contribution in [0.4, 0.5) is 0 Å². The number of esters is 4. The van der Waals surface area contributed by atoms with Gasteiger partial charge in [-0.15, -0.1) is 0 Å². The SMILES string of the molecule is CC/C=C\C/C=C\C/C=C\C/C=C\C/C=C\CCCC(=O)OC(COC(=O)CCCCCCCC/C=C\C/C=C\C/C=C\C/C=C\CC)COP(=O)(O)OCC(O)COP(=O)(O)OCC(COC(=O)CCCCCCCC/C=C\C/C=C\C/C=C\C/C=C\CC)OC(=O)CCCCCCC/C=C\C/C=C\CCCCC. The lowest BCUT2D eigenvalue weighted by Crippen LogP contribution is -2.30. The Hall–Kier alpha value is -5.84. The molecule has 5 atom stereocenters. The summed E-state index contributed by atoms with van der Waals surface area (Å²) in [6.45, 7) is 4.40. The molecule has 0 spiro atoms. The molecule has 0 aromatic heterocycles. The van der Waals surface area contributed by atoms with Crippen LogP contribution in [-0.4, -0.2) is 96.7 Å². The number of aliphatic hydroxyl groups is 1. The predicted octanol–water partition coefficient (Wildman–Crippen LogP) is 25.1. The van der Waals surface area contributed by atoms with E-state index in [1.807, 2.05) is 12.2 Å². The van der Waals surface area contributed by atoms with Crippen molar-refractivity contribution in [3.63, 3.8) is 0 Å². The zero-order chi connectivity index (χ0) is 80.3. The number of phosphoric ester groups is 2. The van der Waals surface area contributed by atoms with E-state index in [2.05, 4.69) is 198 Å². The van der Waals surface area contributed by atoms with Gasteiger partial charge in [-0.3, -0.25) is 37.3 Å². The van der Waals surface area contributed by atoms with E-state index in [1.54, 1.807) is 0 Å². The van der Waals surface area contributed by atoms with Gasteiger partial charge in [0.25, 0.3) is 0 Å². The minimum absolute atomic E-state index is 0.00617. The van der Waals surface area contributed by atoms with E-state index in [1.165, 1.54) is 19.3 Å². The molecule has 0 amide bonds. The second-order valence-corrected chi connectivity index (χ2v) is 30.2. The first-order valence-electron chi connectivity index (χ1n) is 42.0. The van der Waals surface area contributed by atoms with Gasteiger partial charge in [-0.1, -0.05) is 293 Å². The average molecular weight is 1580 g/mol. The molecule has 624 valence electrons. The molecule has 110 heavy (non-hydrogen) atoms. The Labute approximate surface area is 666 Å². The summed E-state index contributed by atoms with van der Waals surface area (Å²) < 4.78 is 68.7. The number of hydrogen-bond acceptors (Lipinski definition) is 15. The van der Waals surface area contributed by atoms with Crippen molar-refractivity contribution in [2.45, 2.75) is 329 Å². The van der Waals surface area contributed by atoms with E-state index in [9.17, 15) is 43.2 Å². The van der Waals surface area contributed by atoms with Crippen LogP contribution in [0.15, 0.2) is 182 Å². The normalized spacial score (nSPS) is 14.7.